The highest BCUT2D eigenvalue weighted by Crippen LogP contribution is 2.35. The van der Waals surface area contributed by atoms with Crippen LogP contribution in [-0.2, 0) is 11.0 Å². The molecule has 0 saturated heterocycles. The number of carboxylic acid groups (broad SMARTS) is 1. The van der Waals surface area contributed by atoms with Crippen LogP contribution < -0.4 is 9.47 Å². The number of benzene rings is 3. The summed E-state index contributed by atoms with van der Waals surface area (Å²) >= 11 is 0. The monoisotopic (exact) mass is 457 g/mol. The summed E-state index contributed by atoms with van der Waals surface area (Å²) in [4.78, 5) is 11.3. The van der Waals surface area contributed by atoms with Gasteiger partial charge >= 0.3 is 12.1 Å². The van der Waals surface area contributed by atoms with Crippen LogP contribution in [0.1, 0.15) is 19.4 Å². The van der Waals surface area contributed by atoms with Crippen LogP contribution in [-0.4, -0.2) is 21.8 Å². The van der Waals surface area contributed by atoms with Crippen LogP contribution in [0.3, 0.4) is 0 Å². The number of hydrogen-bond acceptors (Lipinski definition) is 5. The van der Waals surface area contributed by atoms with E-state index in [1.54, 1.807) is 42.5 Å². The Morgan fingerprint density at radius 1 is 0.939 bits per heavy atom. The number of rotatable bonds is 6. The summed E-state index contributed by atoms with van der Waals surface area (Å²) in [5.74, 6) is 0.0569. The van der Waals surface area contributed by atoms with Gasteiger partial charge in [0.15, 0.2) is 11.2 Å². The molecule has 33 heavy (non-hydrogen) atoms. The summed E-state index contributed by atoms with van der Waals surface area (Å²) in [7, 11) is 0. The van der Waals surface area contributed by atoms with E-state index in [1.807, 2.05) is 0 Å². The van der Waals surface area contributed by atoms with E-state index in [9.17, 15) is 23.1 Å². The fourth-order valence-electron chi connectivity index (χ4n) is 3.08. The zero-order valence-electron chi connectivity index (χ0n) is 17.5. The molecule has 0 amide bonds. The first-order valence-corrected chi connectivity index (χ1v) is 9.80. The van der Waals surface area contributed by atoms with Crippen LogP contribution in [0.5, 0.6) is 17.2 Å². The number of nitrogens with zero attached hydrogens (tertiary/aromatic N) is 1. The number of ether oxygens (including phenoxy) is 2. The van der Waals surface area contributed by atoms with Gasteiger partial charge in [0, 0.05) is 23.1 Å². The second kappa shape index (κ2) is 8.16. The molecule has 1 heterocycles. The van der Waals surface area contributed by atoms with Crippen molar-refractivity contribution in [3.8, 4) is 28.5 Å². The zero-order valence-corrected chi connectivity index (χ0v) is 17.5. The van der Waals surface area contributed by atoms with Gasteiger partial charge in [0.1, 0.15) is 22.9 Å². The Labute approximate surface area is 186 Å². The van der Waals surface area contributed by atoms with Gasteiger partial charge in [0.2, 0.25) is 0 Å². The maximum atomic E-state index is 12.8. The Morgan fingerprint density at radius 3 is 2.27 bits per heavy atom. The lowest BCUT2D eigenvalue weighted by Gasteiger charge is -2.21. The lowest BCUT2D eigenvalue weighted by Crippen LogP contribution is -2.37. The molecule has 0 bridgehead atoms. The van der Waals surface area contributed by atoms with Crippen molar-refractivity contribution in [2.24, 2.45) is 0 Å². The van der Waals surface area contributed by atoms with Gasteiger partial charge < -0.3 is 19.1 Å². The highest BCUT2D eigenvalue weighted by atomic mass is 19.4. The Hall–Kier alpha value is -4.01. The van der Waals surface area contributed by atoms with Gasteiger partial charge in [-0.15, -0.1) is 0 Å². The highest BCUT2D eigenvalue weighted by molar-refractivity contribution is 5.92. The first kappa shape index (κ1) is 22.2. The number of halogens is 3. The number of aliphatic carboxylic acids is 1. The third-order valence-corrected chi connectivity index (χ3v) is 4.86. The summed E-state index contributed by atoms with van der Waals surface area (Å²) in [5, 5.41) is 13.8. The Kier molecular flexibility index (Phi) is 5.49. The fraction of sp³-hybridized carbons (Fsp3) is 0.167. The summed E-state index contributed by atoms with van der Waals surface area (Å²) < 4.78 is 55.1. The number of aromatic nitrogens is 1. The number of fused-ring (bicyclic) bond motifs is 1. The molecule has 6 nitrogen and oxygen atoms in total. The minimum absolute atomic E-state index is 0.324. The predicted molar refractivity (Wildman–Crippen MR) is 113 cm³/mol. The van der Waals surface area contributed by atoms with Crippen LogP contribution in [0.25, 0.3) is 22.2 Å². The second-order valence-electron chi connectivity index (χ2n) is 7.76. The molecule has 0 atom stereocenters. The minimum atomic E-state index is -4.41. The van der Waals surface area contributed by atoms with Crippen molar-refractivity contribution in [2.75, 3.05) is 0 Å². The van der Waals surface area contributed by atoms with E-state index in [0.29, 0.717) is 39.5 Å². The maximum Gasteiger partial charge on any atom is 0.416 e. The lowest BCUT2D eigenvalue weighted by atomic mass is 10.1. The van der Waals surface area contributed by atoms with Crippen LogP contribution in [0.2, 0.25) is 0 Å². The van der Waals surface area contributed by atoms with E-state index < -0.39 is 23.3 Å². The smallest absolute Gasteiger partial charge is 0.416 e. The van der Waals surface area contributed by atoms with Crippen molar-refractivity contribution < 1.29 is 37.1 Å². The van der Waals surface area contributed by atoms with Crippen molar-refractivity contribution in [2.45, 2.75) is 25.6 Å². The van der Waals surface area contributed by atoms with E-state index in [-0.39, 0.29) is 0 Å². The topological polar surface area (TPSA) is 81.8 Å². The molecule has 170 valence electrons. The van der Waals surface area contributed by atoms with Crippen molar-refractivity contribution in [1.29, 1.82) is 0 Å². The predicted octanol–water partition coefficient (Wildman–Crippen LogP) is 6.55. The van der Waals surface area contributed by atoms with Crippen molar-refractivity contribution in [3.05, 3.63) is 72.3 Å². The van der Waals surface area contributed by atoms with Crippen LogP contribution in [0.4, 0.5) is 13.2 Å². The quantitative estimate of drug-likeness (QED) is 0.354. The van der Waals surface area contributed by atoms with Crippen molar-refractivity contribution in [3.63, 3.8) is 0 Å². The molecule has 0 unspecified atom stereocenters. The van der Waals surface area contributed by atoms with Crippen LogP contribution >= 0.6 is 0 Å². The summed E-state index contributed by atoms with van der Waals surface area (Å²) in [6.45, 7) is 2.88. The molecule has 1 aromatic heterocycles. The summed E-state index contributed by atoms with van der Waals surface area (Å²) in [5.41, 5.74) is -0.862. The van der Waals surface area contributed by atoms with Gasteiger partial charge in [-0.25, -0.2) is 4.79 Å². The molecule has 0 radical (unpaired) electrons. The molecule has 0 aliphatic carbocycles. The molecular formula is C24H18F3NO5. The largest absolute Gasteiger partial charge is 0.478 e. The Morgan fingerprint density at radius 2 is 1.61 bits per heavy atom. The fourth-order valence-corrected chi connectivity index (χ4v) is 3.08. The molecule has 4 aromatic rings. The molecular weight excluding hydrogens is 439 g/mol. The SMILES string of the molecule is CC(C)(Oc1cccc(Oc2ccc3c(-c4ccc(C(F)(F)F)cc4)noc3c2)c1)C(=O)O. The lowest BCUT2D eigenvalue weighted by molar-refractivity contribution is -0.152. The van der Waals surface area contributed by atoms with E-state index in [2.05, 4.69) is 5.16 Å². The van der Waals surface area contributed by atoms with Crippen LogP contribution in [0, 0.1) is 0 Å². The third-order valence-electron chi connectivity index (χ3n) is 4.86. The van der Waals surface area contributed by atoms with E-state index >= 15 is 0 Å². The average Bonchev–Trinajstić information content (AvgIpc) is 3.16. The van der Waals surface area contributed by atoms with E-state index in [0.717, 1.165) is 12.1 Å². The van der Waals surface area contributed by atoms with Crippen molar-refractivity contribution >= 4 is 16.9 Å². The molecule has 0 saturated carbocycles. The first-order valence-electron chi connectivity index (χ1n) is 9.80. The average molecular weight is 457 g/mol. The first-order chi connectivity index (χ1) is 15.5. The third kappa shape index (κ3) is 4.77. The normalized spacial score (nSPS) is 12.0. The van der Waals surface area contributed by atoms with E-state index in [1.165, 1.54) is 26.0 Å². The maximum absolute atomic E-state index is 12.8. The summed E-state index contributed by atoms with van der Waals surface area (Å²) in [6.07, 6.45) is -4.41. The van der Waals surface area contributed by atoms with Crippen molar-refractivity contribution in [1.82, 2.24) is 5.16 Å². The second-order valence-corrected chi connectivity index (χ2v) is 7.76. The molecule has 1 N–H and O–H groups in total. The number of hydrogen-bond donors (Lipinski definition) is 1. The molecule has 4 rings (SSSR count). The van der Waals surface area contributed by atoms with E-state index in [4.69, 9.17) is 14.0 Å². The Balaban J connectivity index is 1.56. The van der Waals surface area contributed by atoms with Gasteiger partial charge in [0.05, 0.1) is 5.56 Å². The molecule has 0 aliphatic heterocycles. The van der Waals surface area contributed by atoms with Gasteiger partial charge in [-0.2, -0.15) is 13.2 Å². The minimum Gasteiger partial charge on any atom is -0.478 e. The van der Waals surface area contributed by atoms with Crippen LogP contribution in [0.15, 0.2) is 71.3 Å². The van der Waals surface area contributed by atoms with Gasteiger partial charge in [-0.3, -0.25) is 0 Å². The Bertz CT molecular complexity index is 1310. The highest BCUT2D eigenvalue weighted by Gasteiger charge is 2.30. The molecule has 0 spiro atoms. The van der Waals surface area contributed by atoms with Gasteiger partial charge in [0.25, 0.3) is 0 Å². The zero-order chi connectivity index (χ0) is 23.8. The number of carboxylic acids is 1. The molecule has 0 aliphatic rings. The van der Waals surface area contributed by atoms with Gasteiger partial charge in [-0.1, -0.05) is 23.4 Å². The van der Waals surface area contributed by atoms with Gasteiger partial charge in [-0.05, 0) is 50.2 Å². The number of alkyl halides is 3. The summed E-state index contributed by atoms with van der Waals surface area (Å²) in [6, 6.07) is 16.2. The number of carbonyl (C=O) groups is 1. The molecule has 3 aromatic carbocycles. The molecule has 0 fully saturated rings. The molecule has 9 heteroatoms. The standard InChI is InChI=1S/C24H18F3NO5/c1-23(2,22(29)30)32-18-5-3-4-16(12-18)31-17-10-11-19-20(13-17)33-28-21(19)14-6-8-15(9-7-14)24(25,26)27/h3-13H,1-2H3,(H,29,30).